The Morgan fingerprint density at radius 2 is 1.85 bits per heavy atom. The predicted octanol–water partition coefficient (Wildman–Crippen LogP) is 4.29. The number of aromatic carboxylic acids is 1. The fraction of sp³-hybridized carbons (Fsp3) is 0.0625. The Kier molecular flexibility index (Phi) is 2.99. The van der Waals surface area contributed by atoms with Gasteiger partial charge in [-0.25, -0.2) is 4.79 Å². The summed E-state index contributed by atoms with van der Waals surface area (Å²) in [6.07, 6.45) is 2.00. The Labute approximate surface area is 121 Å². The van der Waals surface area contributed by atoms with Crippen LogP contribution in [0.1, 0.15) is 15.9 Å². The van der Waals surface area contributed by atoms with E-state index < -0.39 is 5.97 Å². The van der Waals surface area contributed by atoms with Crippen LogP contribution in [0, 0.1) is 6.92 Å². The first-order chi connectivity index (χ1) is 9.56. The van der Waals surface area contributed by atoms with Gasteiger partial charge in [-0.15, -0.1) is 0 Å². The second-order valence-corrected chi connectivity index (χ2v) is 5.13. The predicted molar refractivity (Wildman–Crippen MR) is 80.0 cm³/mol. The van der Waals surface area contributed by atoms with Gasteiger partial charge in [-0.1, -0.05) is 11.6 Å². The summed E-state index contributed by atoms with van der Waals surface area (Å²) in [7, 11) is 0. The van der Waals surface area contributed by atoms with Crippen LogP contribution in [0.2, 0.25) is 5.02 Å². The molecule has 0 fully saturated rings. The van der Waals surface area contributed by atoms with Crippen molar-refractivity contribution in [2.24, 2.45) is 0 Å². The van der Waals surface area contributed by atoms with Gasteiger partial charge < -0.3 is 9.67 Å². The highest BCUT2D eigenvalue weighted by Gasteiger charge is 2.10. The normalized spacial score (nSPS) is 10.9. The molecule has 2 aromatic carbocycles. The minimum absolute atomic E-state index is 0.300. The van der Waals surface area contributed by atoms with Crippen LogP contribution in [0.3, 0.4) is 0 Å². The summed E-state index contributed by atoms with van der Waals surface area (Å²) in [6.45, 7) is 1.97. The van der Waals surface area contributed by atoms with Gasteiger partial charge in [0.25, 0.3) is 0 Å². The van der Waals surface area contributed by atoms with Crippen molar-refractivity contribution >= 4 is 28.5 Å². The summed E-state index contributed by atoms with van der Waals surface area (Å²) in [4.78, 5) is 11.0. The minimum Gasteiger partial charge on any atom is -0.478 e. The lowest BCUT2D eigenvalue weighted by atomic mass is 10.1. The van der Waals surface area contributed by atoms with Gasteiger partial charge in [0, 0.05) is 22.3 Å². The first kappa shape index (κ1) is 12.8. The van der Waals surface area contributed by atoms with Crippen molar-refractivity contribution in [1.29, 1.82) is 0 Å². The molecule has 1 aromatic heterocycles. The van der Waals surface area contributed by atoms with E-state index in [1.165, 1.54) is 0 Å². The van der Waals surface area contributed by atoms with Gasteiger partial charge in [-0.3, -0.25) is 0 Å². The van der Waals surface area contributed by atoms with Crippen molar-refractivity contribution in [3.05, 3.63) is 64.8 Å². The zero-order valence-electron chi connectivity index (χ0n) is 10.8. The van der Waals surface area contributed by atoms with E-state index in [1.807, 2.05) is 48.0 Å². The standard InChI is InChI=1S/C16H12ClNO2/c1-10-9-18(13-5-3-12(17)4-6-13)15-7-2-11(16(19)20)8-14(10)15/h2-9H,1H3,(H,19,20). The quantitative estimate of drug-likeness (QED) is 0.763. The third-order valence-corrected chi connectivity index (χ3v) is 3.61. The van der Waals surface area contributed by atoms with Crippen LogP contribution in [0.5, 0.6) is 0 Å². The number of hydrogen-bond donors (Lipinski definition) is 1. The average molecular weight is 286 g/mol. The first-order valence-electron chi connectivity index (χ1n) is 6.17. The largest absolute Gasteiger partial charge is 0.478 e. The molecule has 0 aliphatic heterocycles. The summed E-state index contributed by atoms with van der Waals surface area (Å²) in [5.74, 6) is -0.912. The summed E-state index contributed by atoms with van der Waals surface area (Å²) in [5, 5.41) is 10.7. The van der Waals surface area contributed by atoms with Crippen LogP contribution >= 0.6 is 11.6 Å². The van der Waals surface area contributed by atoms with E-state index in [0.717, 1.165) is 22.2 Å². The first-order valence-corrected chi connectivity index (χ1v) is 6.55. The third-order valence-electron chi connectivity index (χ3n) is 3.36. The van der Waals surface area contributed by atoms with Gasteiger partial charge in [-0.2, -0.15) is 0 Å². The lowest BCUT2D eigenvalue weighted by molar-refractivity contribution is 0.0697. The summed E-state index contributed by atoms with van der Waals surface area (Å²) in [5.41, 5.74) is 3.32. The number of aromatic nitrogens is 1. The number of aryl methyl sites for hydroxylation is 1. The molecular weight excluding hydrogens is 274 g/mol. The van der Waals surface area contributed by atoms with Gasteiger partial charge in [0.15, 0.2) is 0 Å². The van der Waals surface area contributed by atoms with Gasteiger partial charge in [0.2, 0.25) is 0 Å². The van der Waals surface area contributed by atoms with E-state index in [4.69, 9.17) is 16.7 Å². The van der Waals surface area contributed by atoms with Crippen molar-refractivity contribution in [3.63, 3.8) is 0 Å². The molecule has 1 heterocycles. The number of carbonyl (C=O) groups is 1. The molecule has 0 aliphatic rings. The Hall–Kier alpha value is -2.26. The van der Waals surface area contributed by atoms with Crippen LogP contribution < -0.4 is 0 Å². The molecule has 3 rings (SSSR count). The SMILES string of the molecule is Cc1cn(-c2ccc(Cl)cc2)c2ccc(C(=O)O)cc12. The highest BCUT2D eigenvalue weighted by molar-refractivity contribution is 6.30. The van der Waals surface area contributed by atoms with Crippen molar-refractivity contribution in [2.75, 3.05) is 0 Å². The Bertz CT molecular complexity index is 803. The highest BCUT2D eigenvalue weighted by Crippen LogP contribution is 2.26. The smallest absolute Gasteiger partial charge is 0.335 e. The summed E-state index contributed by atoms with van der Waals surface area (Å²) < 4.78 is 2.03. The second kappa shape index (κ2) is 4.69. The lowest BCUT2D eigenvalue weighted by Gasteiger charge is -2.05. The number of benzene rings is 2. The summed E-state index contributed by atoms with van der Waals surface area (Å²) in [6, 6.07) is 12.7. The molecule has 0 amide bonds. The molecule has 0 radical (unpaired) electrons. The molecule has 0 bridgehead atoms. The van der Waals surface area contributed by atoms with Crippen LogP contribution in [-0.4, -0.2) is 15.6 Å². The highest BCUT2D eigenvalue weighted by atomic mass is 35.5. The van der Waals surface area contributed by atoms with Gasteiger partial charge in [0.05, 0.1) is 11.1 Å². The lowest BCUT2D eigenvalue weighted by Crippen LogP contribution is -1.96. The van der Waals surface area contributed by atoms with Crippen molar-refractivity contribution < 1.29 is 9.90 Å². The second-order valence-electron chi connectivity index (χ2n) is 4.70. The van der Waals surface area contributed by atoms with Crippen LogP contribution in [-0.2, 0) is 0 Å². The van der Waals surface area contributed by atoms with E-state index in [2.05, 4.69) is 0 Å². The van der Waals surface area contributed by atoms with E-state index in [9.17, 15) is 4.79 Å². The minimum atomic E-state index is -0.912. The van der Waals surface area contributed by atoms with E-state index in [1.54, 1.807) is 12.1 Å². The van der Waals surface area contributed by atoms with Crippen molar-refractivity contribution in [2.45, 2.75) is 6.92 Å². The monoisotopic (exact) mass is 285 g/mol. The van der Waals surface area contributed by atoms with Gasteiger partial charge in [-0.05, 0) is 55.0 Å². The average Bonchev–Trinajstić information content (AvgIpc) is 2.76. The van der Waals surface area contributed by atoms with Crippen LogP contribution in [0.25, 0.3) is 16.6 Å². The number of hydrogen-bond acceptors (Lipinski definition) is 1. The third kappa shape index (κ3) is 2.06. The molecule has 0 unspecified atom stereocenters. The number of halogens is 1. The molecule has 100 valence electrons. The number of nitrogens with zero attached hydrogens (tertiary/aromatic N) is 1. The zero-order valence-corrected chi connectivity index (χ0v) is 11.6. The molecule has 1 N–H and O–H groups in total. The molecule has 4 heteroatoms. The molecule has 0 saturated carbocycles. The van der Waals surface area contributed by atoms with Crippen molar-refractivity contribution in [3.8, 4) is 5.69 Å². The number of fused-ring (bicyclic) bond motifs is 1. The van der Waals surface area contributed by atoms with Crippen molar-refractivity contribution in [1.82, 2.24) is 4.57 Å². The van der Waals surface area contributed by atoms with Gasteiger partial charge >= 0.3 is 5.97 Å². The number of carboxylic acid groups (broad SMARTS) is 1. The Balaban J connectivity index is 2.22. The molecular formula is C16H12ClNO2. The zero-order chi connectivity index (χ0) is 14.3. The molecule has 3 aromatic rings. The topological polar surface area (TPSA) is 42.2 Å². The van der Waals surface area contributed by atoms with Crippen LogP contribution in [0.4, 0.5) is 0 Å². The maximum Gasteiger partial charge on any atom is 0.335 e. The number of rotatable bonds is 2. The number of carboxylic acids is 1. The van der Waals surface area contributed by atoms with Gasteiger partial charge in [0.1, 0.15) is 0 Å². The molecule has 0 aliphatic carbocycles. The fourth-order valence-corrected chi connectivity index (χ4v) is 2.47. The van der Waals surface area contributed by atoms with E-state index in [-0.39, 0.29) is 0 Å². The molecule has 20 heavy (non-hydrogen) atoms. The Morgan fingerprint density at radius 3 is 2.50 bits per heavy atom. The molecule has 3 nitrogen and oxygen atoms in total. The maximum atomic E-state index is 11.0. The van der Waals surface area contributed by atoms with E-state index >= 15 is 0 Å². The van der Waals surface area contributed by atoms with E-state index in [0.29, 0.717) is 10.6 Å². The van der Waals surface area contributed by atoms with Crippen LogP contribution in [0.15, 0.2) is 48.7 Å². The Morgan fingerprint density at radius 1 is 1.15 bits per heavy atom. The summed E-state index contributed by atoms with van der Waals surface area (Å²) >= 11 is 5.90. The molecule has 0 spiro atoms. The fourth-order valence-electron chi connectivity index (χ4n) is 2.34. The maximum absolute atomic E-state index is 11.0. The molecule has 0 atom stereocenters. The molecule has 0 saturated heterocycles.